The molecule has 0 aliphatic heterocycles. The normalized spacial score (nSPS) is 11.2. The van der Waals surface area contributed by atoms with E-state index in [0.717, 1.165) is 36.0 Å². The summed E-state index contributed by atoms with van der Waals surface area (Å²) < 4.78 is 5.10. The van der Waals surface area contributed by atoms with Gasteiger partial charge in [0.2, 0.25) is 5.91 Å². The Morgan fingerprint density at radius 3 is 2.50 bits per heavy atom. The summed E-state index contributed by atoms with van der Waals surface area (Å²) in [6.07, 6.45) is 2.64. The third-order valence-electron chi connectivity index (χ3n) is 3.28. The van der Waals surface area contributed by atoms with Gasteiger partial charge in [-0.15, -0.1) is 0 Å². The van der Waals surface area contributed by atoms with Crippen LogP contribution < -0.4 is 10.1 Å². The van der Waals surface area contributed by atoms with E-state index in [1.165, 1.54) is 0 Å². The van der Waals surface area contributed by atoms with E-state index in [9.17, 15) is 4.79 Å². The lowest BCUT2D eigenvalue weighted by atomic mass is 9.88. The molecule has 0 fully saturated rings. The number of nitrogens with one attached hydrogen (secondary N) is 1. The quantitative estimate of drug-likeness (QED) is 0.734. The second kappa shape index (κ2) is 8.30. The van der Waals surface area contributed by atoms with Gasteiger partial charge in [0.25, 0.3) is 0 Å². The Morgan fingerprint density at radius 1 is 1.30 bits per heavy atom. The number of hydrogen-bond acceptors (Lipinski definition) is 2. The highest BCUT2D eigenvalue weighted by molar-refractivity contribution is 9.09. The van der Waals surface area contributed by atoms with Gasteiger partial charge in [0.1, 0.15) is 5.75 Å². The zero-order valence-electron chi connectivity index (χ0n) is 12.5. The van der Waals surface area contributed by atoms with Gasteiger partial charge in [-0.05, 0) is 36.0 Å². The molecular weight excluding hydrogens is 318 g/mol. The van der Waals surface area contributed by atoms with Gasteiger partial charge in [-0.3, -0.25) is 4.79 Å². The van der Waals surface area contributed by atoms with Crippen molar-refractivity contribution in [1.82, 2.24) is 5.32 Å². The highest BCUT2D eigenvalue weighted by atomic mass is 79.9. The third kappa shape index (κ3) is 6.42. The summed E-state index contributed by atoms with van der Waals surface area (Å²) >= 11 is 3.44. The van der Waals surface area contributed by atoms with Crippen LogP contribution in [-0.4, -0.2) is 24.9 Å². The SMILES string of the molecule is COc1ccc(CC(=O)NCC(C)(C)CCCBr)cc1. The van der Waals surface area contributed by atoms with Gasteiger partial charge in [-0.25, -0.2) is 0 Å². The first-order valence-electron chi connectivity index (χ1n) is 6.92. The second-order valence-electron chi connectivity index (χ2n) is 5.76. The first kappa shape index (κ1) is 17.0. The molecule has 0 heterocycles. The molecule has 1 amide bonds. The average Bonchev–Trinajstić information content (AvgIpc) is 2.44. The first-order chi connectivity index (χ1) is 9.46. The van der Waals surface area contributed by atoms with Crippen LogP contribution >= 0.6 is 15.9 Å². The third-order valence-corrected chi connectivity index (χ3v) is 3.84. The molecule has 0 atom stereocenters. The Morgan fingerprint density at radius 2 is 1.95 bits per heavy atom. The number of amides is 1. The van der Waals surface area contributed by atoms with Crippen LogP contribution in [0.4, 0.5) is 0 Å². The molecule has 0 unspecified atom stereocenters. The van der Waals surface area contributed by atoms with E-state index in [1.807, 2.05) is 24.3 Å². The summed E-state index contributed by atoms with van der Waals surface area (Å²) in [5, 5.41) is 4.03. The van der Waals surface area contributed by atoms with Crippen molar-refractivity contribution in [3.8, 4) is 5.75 Å². The van der Waals surface area contributed by atoms with E-state index >= 15 is 0 Å². The number of halogens is 1. The Hall–Kier alpha value is -1.03. The first-order valence-corrected chi connectivity index (χ1v) is 8.04. The van der Waals surface area contributed by atoms with Crippen LogP contribution in [0.3, 0.4) is 0 Å². The smallest absolute Gasteiger partial charge is 0.224 e. The van der Waals surface area contributed by atoms with Crippen LogP contribution in [0, 0.1) is 5.41 Å². The minimum absolute atomic E-state index is 0.0714. The maximum absolute atomic E-state index is 11.9. The lowest BCUT2D eigenvalue weighted by Gasteiger charge is -2.24. The van der Waals surface area contributed by atoms with Crippen LogP contribution in [0.25, 0.3) is 0 Å². The molecule has 0 spiro atoms. The summed E-state index contributed by atoms with van der Waals surface area (Å²) in [5.74, 6) is 0.882. The summed E-state index contributed by atoms with van der Waals surface area (Å²) in [7, 11) is 1.64. The Balaban J connectivity index is 2.39. The fraction of sp³-hybridized carbons (Fsp3) is 0.562. The van der Waals surface area contributed by atoms with Gasteiger partial charge in [-0.1, -0.05) is 41.9 Å². The molecule has 0 aliphatic carbocycles. The standard InChI is InChI=1S/C16H24BrNO2/c1-16(2,9-4-10-17)12-18-15(19)11-13-5-7-14(20-3)8-6-13/h5-8H,4,9-12H2,1-3H3,(H,18,19). The van der Waals surface area contributed by atoms with Crippen molar-refractivity contribution in [2.75, 3.05) is 19.0 Å². The molecular formula is C16H24BrNO2. The zero-order valence-corrected chi connectivity index (χ0v) is 14.1. The molecule has 112 valence electrons. The fourth-order valence-electron chi connectivity index (χ4n) is 1.96. The number of carbonyl (C=O) groups is 1. The van der Waals surface area contributed by atoms with E-state index in [1.54, 1.807) is 7.11 Å². The molecule has 0 saturated carbocycles. The van der Waals surface area contributed by atoms with E-state index in [0.29, 0.717) is 6.42 Å². The summed E-state index contributed by atoms with van der Waals surface area (Å²) in [6.45, 7) is 5.08. The molecule has 0 aliphatic rings. The summed E-state index contributed by atoms with van der Waals surface area (Å²) in [6, 6.07) is 7.61. The van der Waals surface area contributed by atoms with Crippen molar-refractivity contribution in [3.63, 3.8) is 0 Å². The van der Waals surface area contributed by atoms with Crippen LogP contribution in [-0.2, 0) is 11.2 Å². The second-order valence-corrected chi connectivity index (χ2v) is 6.55. The molecule has 0 bridgehead atoms. The van der Waals surface area contributed by atoms with Crippen LogP contribution in [0.15, 0.2) is 24.3 Å². The van der Waals surface area contributed by atoms with Gasteiger partial charge < -0.3 is 10.1 Å². The number of alkyl halides is 1. The fourth-order valence-corrected chi connectivity index (χ4v) is 2.24. The molecule has 20 heavy (non-hydrogen) atoms. The number of ether oxygens (including phenoxy) is 1. The van der Waals surface area contributed by atoms with E-state index in [2.05, 4.69) is 35.1 Å². The lowest BCUT2D eigenvalue weighted by Crippen LogP contribution is -2.34. The molecule has 4 heteroatoms. The van der Waals surface area contributed by atoms with E-state index < -0.39 is 0 Å². The number of methoxy groups -OCH3 is 1. The summed E-state index contributed by atoms with van der Waals surface area (Å²) in [4.78, 5) is 11.9. The minimum Gasteiger partial charge on any atom is -0.497 e. The Kier molecular flexibility index (Phi) is 7.06. The van der Waals surface area contributed by atoms with Gasteiger partial charge >= 0.3 is 0 Å². The van der Waals surface area contributed by atoms with Crippen LogP contribution in [0.5, 0.6) is 5.75 Å². The minimum atomic E-state index is 0.0714. The van der Waals surface area contributed by atoms with E-state index in [-0.39, 0.29) is 11.3 Å². The molecule has 1 N–H and O–H groups in total. The van der Waals surface area contributed by atoms with Gasteiger partial charge in [0.05, 0.1) is 13.5 Å². The number of carbonyl (C=O) groups excluding carboxylic acids is 1. The number of rotatable bonds is 8. The van der Waals surface area contributed by atoms with E-state index in [4.69, 9.17) is 4.74 Å². The van der Waals surface area contributed by atoms with Crippen molar-refractivity contribution < 1.29 is 9.53 Å². The maximum atomic E-state index is 11.9. The van der Waals surface area contributed by atoms with Crippen LogP contribution in [0.1, 0.15) is 32.3 Å². The predicted molar refractivity (Wildman–Crippen MR) is 86.5 cm³/mol. The lowest BCUT2D eigenvalue weighted by molar-refractivity contribution is -0.120. The highest BCUT2D eigenvalue weighted by Gasteiger charge is 2.18. The van der Waals surface area contributed by atoms with Gasteiger partial charge in [-0.2, -0.15) is 0 Å². The Bertz CT molecular complexity index is 415. The molecule has 3 nitrogen and oxygen atoms in total. The van der Waals surface area contributed by atoms with Gasteiger partial charge in [0, 0.05) is 11.9 Å². The van der Waals surface area contributed by atoms with Crippen molar-refractivity contribution in [1.29, 1.82) is 0 Å². The molecule has 0 aromatic heterocycles. The molecule has 1 aromatic carbocycles. The predicted octanol–water partition coefficient (Wildman–Crippen LogP) is 3.56. The average molecular weight is 342 g/mol. The van der Waals surface area contributed by atoms with Crippen molar-refractivity contribution in [2.45, 2.75) is 33.1 Å². The van der Waals surface area contributed by atoms with Gasteiger partial charge in [0.15, 0.2) is 0 Å². The molecule has 1 aromatic rings. The van der Waals surface area contributed by atoms with Crippen molar-refractivity contribution in [2.24, 2.45) is 5.41 Å². The Labute approximate surface area is 130 Å². The maximum Gasteiger partial charge on any atom is 0.224 e. The topological polar surface area (TPSA) is 38.3 Å². The molecule has 0 radical (unpaired) electrons. The van der Waals surface area contributed by atoms with Crippen molar-refractivity contribution in [3.05, 3.63) is 29.8 Å². The largest absolute Gasteiger partial charge is 0.497 e. The molecule has 1 rings (SSSR count). The summed E-state index contributed by atoms with van der Waals surface area (Å²) in [5.41, 5.74) is 1.14. The van der Waals surface area contributed by atoms with Crippen LogP contribution in [0.2, 0.25) is 0 Å². The molecule has 0 saturated heterocycles. The number of hydrogen-bond donors (Lipinski definition) is 1. The zero-order chi connectivity index (χ0) is 15.0. The van der Waals surface area contributed by atoms with Crippen molar-refractivity contribution >= 4 is 21.8 Å². The monoisotopic (exact) mass is 341 g/mol. The highest BCUT2D eigenvalue weighted by Crippen LogP contribution is 2.21. The number of benzene rings is 1.